The summed E-state index contributed by atoms with van der Waals surface area (Å²) in [5.41, 5.74) is 2.15. The Labute approximate surface area is 170 Å². The zero-order chi connectivity index (χ0) is 20.2. The Morgan fingerprint density at radius 1 is 1.17 bits per heavy atom. The summed E-state index contributed by atoms with van der Waals surface area (Å²) >= 11 is 1.17. The molecule has 8 nitrogen and oxygen atoms in total. The van der Waals surface area contributed by atoms with Crippen LogP contribution in [0.25, 0.3) is 16.9 Å². The van der Waals surface area contributed by atoms with E-state index in [0.717, 1.165) is 17.7 Å². The van der Waals surface area contributed by atoms with E-state index >= 15 is 0 Å². The van der Waals surface area contributed by atoms with Crippen molar-refractivity contribution in [2.75, 3.05) is 11.1 Å². The number of aromatic nitrogens is 5. The number of H-pyrrole nitrogens is 1. The van der Waals surface area contributed by atoms with Gasteiger partial charge in [-0.25, -0.2) is 14.6 Å². The molecule has 2 N–H and O–H groups in total. The molecule has 29 heavy (non-hydrogen) atoms. The van der Waals surface area contributed by atoms with E-state index < -0.39 is 0 Å². The molecule has 9 heteroatoms. The van der Waals surface area contributed by atoms with E-state index in [1.807, 2.05) is 37.3 Å². The van der Waals surface area contributed by atoms with Crippen LogP contribution in [0.2, 0.25) is 0 Å². The number of hydrogen-bond donors (Lipinski definition) is 2. The van der Waals surface area contributed by atoms with Gasteiger partial charge in [-0.05, 0) is 30.2 Å². The molecule has 0 aliphatic carbocycles. The number of thioether (sulfide) groups is 1. The average Bonchev–Trinajstić information content (AvgIpc) is 3.27. The van der Waals surface area contributed by atoms with Gasteiger partial charge in [0, 0.05) is 5.69 Å². The van der Waals surface area contributed by atoms with Crippen molar-refractivity contribution >= 4 is 34.3 Å². The first-order valence-electron chi connectivity index (χ1n) is 9.05. The monoisotopic (exact) mass is 406 g/mol. The summed E-state index contributed by atoms with van der Waals surface area (Å²) in [5, 5.41) is 10.3. The number of nitrogens with one attached hydrogen (secondary N) is 2. The van der Waals surface area contributed by atoms with Gasteiger partial charge in [0.15, 0.2) is 5.16 Å². The number of fused-ring (bicyclic) bond motifs is 1. The first-order valence-corrected chi connectivity index (χ1v) is 10.0. The Kier molecular flexibility index (Phi) is 5.39. The van der Waals surface area contributed by atoms with Crippen LogP contribution in [-0.2, 0) is 11.2 Å². The minimum Gasteiger partial charge on any atom is -0.325 e. The van der Waals surface area contributed by atoms with Crippen LogP contribution in [0.15, 0.2) is 64.8 Å². The molecule has 0 unspecified atom stereocenters. The van der Waals surface area contributed by atoms with Crippen molar-refractivity contribution in [3.05, 3.63) is 70.8 Å². The molecule has 0 radical (unpaired) electrons. The highest BCUT2D eigenvalue weighted by Crippen LogP contribution is 2.21. The lowest BCUT2D eigenvalue weighted by Crippen LogP contribution is -2.24. The predicted octanol–water partition coefficient (Wildman–Crippen LogP) is 2.80. The number of carbonyl (C=O) groups is 1. The highest BCUT2D eigenvalue weighted by Gasteiger charge is 2.16. The summed E-state index contributed by atoms with van der Waals surface area (Å²) < 4.78 is 1.34. The smallest absolute Gasteiger partial charge is 0.269 e. The Balaban J connectivity index is 1.63. The number of aryl methyl sites for hydroxylation is 1. The number of carbonyl (C=O) groups excluding carboxylic acids is 1. The van der Waals surface area contributed by atoms with Crippen LogP contribution in [0, 0.1) is 0 Å². The van der Waals surface area contributed by atoms with Crippen molar-refractivity contribution < 1.29 is 4.79 Å². The van der Waals surface area contributed by atoms with Gasteiger partial charge >= 0.3 is 0 Å². The quantitative estimate of drug-likeness (QED) is 0.377. The molecule has 1 amide bonds. The second-order valence-corrected chi connectivity index (χ2v) is 7.15. The summed E-state index contributed by atoms with van der Waals surface area (Å²) in [6.45, 7) is 2.04. The number of anilines is 1. The summed E-state index contributed by atoms with van der Waals surface area (Å²) in [7, 11) is 0. The van der Waals surface area contributed by atoms with Crippen molar-refractivity contribution in [2.24, 2.45) is 0 Å². The molecule has 146 valence electrons. The third-order valence-electron chi connectivity index (χ3n) is 4.36. The predicted molar refractivity (Wildman–Crippen MR) is 112 cm³/mol. The van der Waals surface area contributed by atoms with Crippen LogP contribution in [0.5, 0.6) is 0 Å². The van der Waals surface area contributed by atoms with Gasteiger partial charge in [0.2, 0.25) is 11.9 Å². The standard InChI is InChI=1S/C20H18N6O2S/c1-2-13-7-3-5-9-15(13)23-17(27)11-29-20-24-16-10-6-4-8-14(16)18(28)26(20)19-21-12-22-25-19/h3-10,12H,2,11H2,1H3,(H,23,27)(H,21,22,25). The molecule has 0 saturated heterocycles. The fourth-order valence-electron chi connectivity index (χ4n) is 2.97. The van der Waals surface area contributed by atoms with E-state index in [9.17, 15) is 9.59 Å². The van der Waals surface area contributed by atoms with E-state index in [0.29, 0.717) is 16.1 Å². The lowest BCUT2D eigenvalue weighted by Gasteiger charge is -2.12. The van der Waals surface area contributed by atoms with E-state index in [1.165, 1.54) is 22.7 Å². The first kappa shape index (κ1) is 18.9. The van der Waals surface area contributed by atoms with E-state index in [4.69, 9.17) is 0 Å². The molecular formula is C20H18N6O2S. The molecule has 0 fully saturated rings. The highest BCUT2D eigenvalue weighted by atomic mass is 32.2. The van der Waals surface area contributed by atoms with Crippen molar-refractivity contribution in [3.63, 3.8) is 0 Å². The van der Waals surface area contributed by atoms with Gasteiger partial charge in [-0.1, -0.05) is 49.0 Å². The zero-order valence-corrected chi connectivity index (χ0v) is 16.4. The Morgan fingerprint density at radius 2 is 1.97 bits per heavy atom. The molecule has 0 saturated carbocycles. The van der Waals surface area contributed by atoms with Crippen molar-refractivity contribution in [1.82, 2.24) is 24.7 Å². The molecule has 4 rings (SSSR count). The first-order chi connectivity index (χ1) is 14.2. The number of rotatable bonds is 6. The van der Waals surface area contributed by atoms with Gasteiger partial charge in [-0.15, -0.1) is 0 Å². The van der Waals surface area contributed by atoms with Crippen molar-refractivity contribution in [2.45, 2.75) is 18.5 Å². The molecule has 0 spiro atoms. The molecule has 4 aromatic rings. The van der Waals surface area contributed by atoms with E-state index in [-0.39, 0.29) is 23.2 Å². The summed E-state index contributed by atoms with van der Waals surface area (Å²) in [6, 6.07) is 14.8. The van der Waals surface area contributed by atoms with Gasteiger partial charge < -0.3 is 5.32 Å². The minimum absolute atomic E-state index is 0.0942. The van der Waals surface area contributed by atoms with Gasteiger partial charge in [0.25, 0.3) is 5.56 Å². The molecule has 0 aliphatic heterocycles. The topological polar surface area (TPSA) is 106 Å². The lowest BCUT2D eigenvalue weighted by atomic mass is 10.1. The largest absolute Gasteiger partial charge is 0.325 e. The molecular weight excluding hydrogens is 388 g/mol. The Bertz CT molecular complexity index is 1220. The summed E-state index contributed by atoms with van der Waals surface area (Å²) in [6.07, 6.45) is 2.14. The van der Waals surface area contributed by atoms with Crippen molar-refractivity contribution in [3.8, 4) is 5.95 Å². The van der Waals surface area contributed by atoms with Crippen LogP contribution in [0.4, 0.5) is 5.69 Å². The van der Waals surface area contributed by atoms with Gasteiger partial charge in [0.1, 0.15) is 6.33 Å². The van der Waals surface area contributed by atoms with E-state index in [1.54, 1.807) is 18.2 Å². The second kappa shape index (κ2) is 8.27. The van der Waals surface area contributed by atoms with Crippen LogP contribution < -0.4 is 10.9 Å². The molecule has 0 aliphatic rings. The number of nitrogens with zero attached hydrogens (tertiary/aromatic N) is 4. The fraction of sp³-hybridized carbons (Fsp3) is 0.150. The van der Waals surface area contributed by atoms with Gasteiger partial charge in [-0.3, -0.25) is 9.59 Å². The number of aromatic amines is 1. The second-order valence-electron chi connectivity index (χ2n) is 6.21. The number of amides is 1. The molecule has 2 aromatic heterocycles. The maximum Gasteiger partial charge on any atom is 0.269 e. The van der Waals surface area contributed by atoms with Crippen molar-refractivity contribution in [1.29, 1.82) is 0 Å². The summed E-state index contributed by atoms with van der Waals surface area (Å²) in [5.74, 6) is 0.173. The average molecular weight is 406 g/mol. The minimum atomic E-state index is -0.272. The molecule has 2 aromatic carbocycles. The maximum atomic E-state index is 13.0. The van der Waals surface area contributed by atoms with Gasteiger partial charge in [-0.2, -0.15) is 10.1 Å². The number of para-hydroxylation sites is 2. The van der Waals surface area contributed by atoms with Crippen LogP contribution >= 0.6 is 11.8 Å². The SMILES string of the molecule is CCc1ccccc1NC(=O)CSc1nc2ccccc2c(=O)n1-c1ncn[nH]1. The maximum absolute atomic E-state index is 13.0. The number of hydrogen-bond acceptors (Lipinski definition) is 6. The normalized spacial score (nSPS) is 10.9. The van der Waals surface area contributed by atoms with Crippen LogP contribution in [-0.4, -0.2) is 36.4 Å². The fourth-order valence-corrected chi connectivity index (χ4v) is 3.76. The molecule has 0 atom stereocenters. The third-order valence-corrected chi connectivity index (χ3v) is 5.30. The Hall–Kier alpha value is -3.46. The zero-order valence-electron chi connectivity index (χ0n) is 15.6. The third kappa shape index (κ3) is 3.90. The highest BCUT2D eigenvalue weighted by molar-refractivity contribution is 7.99. The van der Waals surface area contributed by atoms with E-state index in [2.05, 4.69) is 25.5 Å². The van der Waals surface area contributed by atoms with Crippen LogP contribution in [0.3, 0.4) is 0 Å². The molecule has 0 bridgehead atoms. The van der Waals surface area contributed by atoms with Gasteiger partial charge in [0.05, 0.1) is 16.7 Å². The molecule has 2 heterocycles. The van der Waals surface area contributed by atoms with Crippen LogP contribution in [0.1, 0.15) is 12.5 Å². The Morgan fingerprint density at radius 3 is 2.76 bits per heavy atom. The summed E-state index contributed by atoms with van der Waals surface area (Å²) in [4.78, 5) is 34.1. The number of benzene rings is 2. The lowest BCUT2D eigenvalue weighted by molar-refractivity contribution is -0.113.